The fourth-order valence-electron chi connectivity index (χ4n) is 5.65. The number of ketones is 1. The standard InChI is InChI=1S/C33H36O2/c1-24-10-12-26(13-11-24)23-35-31-20-21-32-30(22-31)19-18-29(33(32)34)9-5-6-25-14-16-28(17-15-25)27-7-3-2-4-8-27/h2-4,6-8,10-13,20-22,28-29H,5,9,14-19,23H2,1H3. The average Bonchev–Trinajstić information content (AvgIpc) is 2.90. The molecule has 0 radical (unpaired) electrons. The molecule has 1 fully saturated rings. The maximum atomic E-state index is 13.2. The van der Waals surface area contributed by atoms with Gasteiger partial charge in [0.15, 0.2) is 5.78 Å². The number of Topliss-reactive ketones (excluding diaryl/α,β-unsaturated/α-hetero) is 1. The summed E-state index contributed by atoms with van der Waals surface area (Å²) in [5, 5.41) is 0. The maximum absolute atomic E-state index is 13.2. The molecule has 0 spiro atoms. The van der Waals surface area contributed by atoms with Crippen LogP contribution in [0.2, 0.25) is 0 Å². The lowest BCUT2D eigenvalue weighted by molar-refractivity contribution is 0.0895. The lowest BCUT2D eigenvalue weighted by Gasteiger charge is -2.25. The molecule has 0 saturated heterocycles. The first-order chi connectivity index (χ1) is 17.2. The van der Waals surface area contributed by atoms with E-state index in [9.17, 15) is 4.79 Å². The number of fused-ring (bicyclic) bond motifs is 1. The topological polar surface area (TPSA) is 26.3 Å². The highest BCUT2D eigenvalue weighted by molar-refractivity contribution is 6.00. The Bertz CT molecular complexity index is 1160. The summed E-state index contributed by atoms with van der Waals surface area (Å²) >= 11 is 0. The first kappa shape index (κ1) is 23.6. The Hall–Kier alpha value is -3.13. The van der Waals surface area contributed by atoms with Gasteiger partial charge >= 0.3 is 0 Å². The molecule has 0 heterocycles. The van der Waals surface area contributed by atoms with Gasteiger partial charge in [0.05, 0.1) is 0 Å². The summed E-state index contributed by atoms with van der Waals surface area (Å²) in [5.41, 5.74) is 7.54. The van der Waals surface area contributed by atoms with E-state index >= 15 is 0 Å². The van der Waals surface area contributed by atoms with Crippen LogP contribution < -0.4 is 4.74 Å². The second-order valence-electron chi connectivity index (χ2n) is 10.3. The molecule has 0 N–H and O–H groups in total. The molecule has 2 heteroatoms. The fraction of sp³-hybridized carbons (Fsp3) is 0.364. The lowest BCUT2D eigenvalue weighted by atomic mass is 9.79. The smallest absolute Gasteiger partial charge is 0.166 e. The molecule has 3 aromatic rings. The first-order valence-corrected chi connectivity index (χ1v) is 13.2. The summed E-state index contributed by atoms with van der Waals surface area (Å²) in [6.07, 6.45) is 11.2. The molecular formula is C33H36O2. The summed E-state index contributed by atoms with van der Waals surface area (Å²) in [7, 11) is 0. The van der Waals surface area contributed by atoms with Gasteiger partial charge in [0.1, 0.15) is 12.4 Å². The lowest BCUT2D eigenvalue weighted by Crippen LogP contribution is -2.22. The number of allylic oxidation sites excluding steroid dienone is 2. The van der Waals surface area contributed by atoms with E-state index in [4.69, 9.17) is 4.74 Å². The highest BCUT2D eigenvalue weighted by atomic mass is 16.5. The van der Waals surface area contributed by atoms with Crippen molar-refractivity contribution in [3.8, 4) is 5.75 Å². The zero-order chi connectivity index (χ0) is 24.0. The van der Waals surface area contributed by atoms with Gasteiger partial charge < -0.3 is 4.74 Å². The first-order valence-electron chi connectivity index (χ1n) is 13.2. The highest BCUT2D eigenvalue weighted by Crippen LogP contribution is 2.36. The molecule has 1 saturated carbocycles. The van der Waals surface area contributed by atoms with E-state index in [0.717, 1.165) is 48.1 Å². The number of ether oxygens (including phenoxy) is 1. The number of benzene rings is 3. The van der Waals surface area contributed by atoms with Crippen LogP contribution in [0.1, 0.15) is 83.5 Å². The zero-order valence-corrected chi connectivity index (χ0v) is 20.8. The quantitative estimate of drug-likeness (QED) is 0.328. The van der Waals surface area contributed by atoms with Gasteiger partial charge in [-0.2, -0.15) is 0 Å². The van der Waals surface area contributed by atoms with Crippen molar-refractivity contribution in [1.29, 1.82) is 0 Å². The molecule has 2 aliphatic carbocycles. The molecular weight excluding hydrogens is 428 g/mol. The Balaban J connectivity index is 1.11. The van der Waals surface area contributed by atoms with Gasteiger partial charge in [-0.15, -0.1) is 0 Å². The zero-order valence-electron chi connectivity index (χ0n) is 20.8. The molecule has 0 bridgehead atoms. The van der Waals surface area contributed by atoms with Crippen molar-refractivity contribution in [2.45, 2.75) is 70.8 Å². The minimum Gasteiger partial charge on any atom is -0.489 e. The minimum absolute atomic E-state index is 0.152. The summed E-state index contributed by atoms with van der Waals surface area (Å²) in [4.78, 5) is 13.2. The van der Waals surface area contributed by atoms with Crippen LogP contribution in [0.5, 0.6) is 5.75 Å². The Labute approximate surface area is 210 Å². The SMILES string of the molecule is Cc1ccc(COc2ccc3c(c2)CCC(CCC=C2CCC(c4ccccc4)CC2)C3=O)cc1. The van der Waals surface area contributed by atoms with Gasteiger partial charge in [0.2, 0.25) is 0 Å². The second-order valence-corrected chi connectivity index (χ2v) is 10.3. The number of aryl methyl sites for hydroxylation is 2. The molecule has 2 nitrogen and oxygen atoms in total. The molecule has 0 aromatic heterocycles. The van der Waals surface area contributed by atoms with Crippen LogP contribution in [0.25, 0.3) is 0 Å². The van der Waals surface area contributed by atoms with Crippen molar-refractivity contribution in [2.24, 2.45) is 5.92 Å². The monoisotopic (exact) mass is 464 g/mol. The van der Waals surface area contributed by atoms with Crippen LogP contribution in [0.15, 0.2) is 84.4 Å². The number of carbonyl (C=O) groups excluding carboxylic acids is 1. The molecule has 35 heavy (non-hydrogen) atoms. The second kappa shape index (κ2) is 11.1. The molecule has 1 unspecified atom stereocenters. The molecule has 180 valence electrons. The Morgan fingerprint density at radius 2 is 1.66 bits per heavy atom. The van der Waals surface area contributed by atoms with E-state index in [1.165, 1.54) is 36.8 Å². The average molecular weight is 465 g/mol. The van der Waals surface area contributed by atoms with E-state index in [1.54, 1.807) is 5.57 Å². The maximum Gasteiger partial charge on any atom is 0.166 e. The van der Waals surface area contributed by atoms with Crippen LogP contribution in [0.3, 0.4) is 0 Å². The van der Waals surface area contributed by atoms with Crippen molar-refractivity contribution in [2.75, 3.05) is 0 Å². The van der Waals surface area contributed by atoms with Crippen LogP contribution in [-0.4, -0.2) is 5.78 Å². The predicted molar refractivity (Wildman–Crippen MR) is 143 cm³/mol. The van der Waals surface area contributed by atoms with Crippen LogP contribution in [-0.2, 0) is 13.0 Å². The third kappa shape index (κ3) is 5.93. The van der Waals surface area contributed by atoms with E-state index in [2.05, 4.69) is 73.7 Å². The van der Waals surface area contributed by atoms with Crippen LogP contribution >= 0.6 is 0 Å². The molecule has 0 amide bonds. The van der Waals surface area contributed by atoms with E-state index in [-0.39, 0.29) is 5.92 Å². The Morgan fingerprint density at radius 3 is 2.43 bits per heavy atom. The van der Waals surface area contributed by atoms with Crippen LogP contribution in [0, 0.1) is 12.8 Å². The highest BCUT2D eigenvalue weighted by Gasteiger charge is 2.27. The number of hydrogen-bond donors (Lipinski definition) is 0. The van der Waals surface area contributed by atoms with E-state index in [0.29, 0.717) is 18.3 Å². The number of carbonyl (C=O) groups is 1. The summed E-state index contributed by atoms with van der Waals surface area (Å²) < 4.78 is 6.01. The summed E-state index contributed by atoms with van der Waals surface area (Å²) in [6, 6.07) is 25.4. The predicted octanol–water partition coefficient (Wildman–Crippen LogP) is 8.38. The summed E-state index contributed by atoms with van der Waals surface area (Å²) in [6.45, 7) is 2.64. The fourth-order valence-corrected chi connectivity index (χ4v) is 5.65. The van der Waals surface area contributed by atoms with Crippen molar-refractivity contribution in [1.82, 2.24) is 0 Å². The third-order valence-corrected chi connectivity index (χ3v) is 7.85. The van der Waals surface area contributed by atoms with Gasteiger partial charge in [-0.1, -0.05) is 71.8 Å². The minimum atomic E-state index is 0.152. The largest absolute Gasteiger partial charge is 0.489 e. The Morgan fingerprint density at radius 1 is 0.886 bits per heavy atom. The Kier molecular flexibility index (Phi) is 7.47. The van der Waals surface area contributed by atoms with Gasteiger partial charge in [0, 0.05) is 11.5 Å². The number of hydrogen-bond acceptors (Lipinski definition) is 2. The van der Waals surface area contributed by atoms with Gasteiger partial charge in [-0.25, -0.2) is 0 Å². The van der Waals surface area contributed by atoms with Gasteiger partial charge in [-0.3, -0.25) is 4.79 Å². The van der Waals surface area contributed by atoms with Gasteiger partial charge in [-0.05, 0) is 99.1 Å². The normalized spacial score (nSPS) is 19.8. The molecule has 3 aromatic carbocycles. The van der Waals surface area contributed by atoms with Crippen molar-refractivity contribution in [3.05, 3.63) is 112 Å². The van der Waals surface area contributed by atoms with Gasteiger partial charge in [0.25, 0.3) is 0 Å². The van der Waals surface area contributed by atoms with Crippen molar-refractivity contribution >= 4 is 5.78 Å². The third-order valence-electron chi connectivity index (χ3n) is 7.85. The van der Waals surface area contributed by atoms with Crippen molar-refractivity contribution in [3.63, 3.8) is 0 Å². The molecule has 5 rings (SSSR count). The van der Waals surface area contributed by atoms with Crippen LogP contribution in [0.4, 0.5) is 0 Å². The number of rotatable bonds is 7. The van der Waals surface area contributed by atoms with E-state index < -0.39 is 0 Å². The van der Waals surface area contributed by atoms with Crippen molar-refractivity contribution < 1.29 is 9.53 Å². The molecule has 2 aliphatic rings. The molecule has 0 aliphatic heterocycles. The molecule has 1 atom stereocenters. The van der Waals surface area contributed by atoms with E-state index in [1.807, 2.05) is 12.1 Å². The summed E-state index contributed by atoms with van der Waals surface area (Å²) in [5.74, 6) is 2.03.